The van der Waals surface area contributed by atoms with Gasteiger partial charge in [0.2, 0.25) is 0 Å². The third-order valence-electron chi connectivity index (χ3n) is 16.1. The molecule has 7 aromatic rings. The first kappa shape index (κ1) is 45.2. The Morgan fingerprint density at radius 3 is 2.32 bits per heavy atom. The smallest absolute Gasteiger partial charge is 0.376 e. The van der Waals surface area contributed by atoms with Crippen LogP contribution in [0.2, 0.25) is 0 Å². The van der Waals surface area contributed by atoms with E-state index in [1.165, 1.54) is 34.0 Å². The summed E-state index contributed by atoms with van der Waals surface area (Å²) in [5, 5.41) is 10.2. The van der Waals surface area contributed by atoms with Crippen molar-refractivity contribution in [3.8, 4) is 17.2 Å². The van der Waals surface area contributed by atoms with Crippen molar-refractivity contribution < 1.29 is 32.0 Å². The van der Waals surface area contributed by atoms with E-state index in [4.69, 9.17) is 14.4 Å². The fourth-order valence-corrected chi connectivity index (χ4v) is 12.2. The van der Waals surface area contributed by atoms with Crippen molar-refractivity contribution in [1.82, 2.24) is 43.4 Å². The summed E-state index contributed by atoms with van der Waals surface area (Å²) in [6, 6.07) is 13.0. The van der Waals surface area contributed by atoms with Crippen LogP contribution in [-0.2, 0) is 16.7 Å². The highest BCUT2D eigenvalue weighted by atomic mass is 19.2. The first-order valence-corrected chi connectivity index (χ1v) is 24.6. The molecule has 5 aliphatic rings. The standard InChI is InChI=1S/C53H54F3N9O6/c1-27-20-35(21-28(2)43(27)54)65-46(62-18-17-61(51(62)69)40-15-13-36(44(55)45(40)56)47(66)60(6)33-11-12-33)42-37(58-65)24-34-8-7-9-39(42)63(34)48(67)41-23-32-22-30(31-16-19-70-52(4,5)26-31)10-14-38(32)64(41)53(25-29(53)3)49-57-50(68)71-59-49/h10,13-15,17-18,20-23,29,31,33-34,39H,7-9,11-12,16,19,24-26H2,1-6H3,(H,57,59,68)/t29-,31-,34+,39-,53-/m0/s1. The topological polar surface area (TPSA) is 158 Å². The van der Waals surface area contributed by atoms with Crippen molar-refractivity contribution in [3.63, 3.8) is 0 Å². The molecule has 4 fully saturated rings. The average Bonchev–Trinajstić information content (AvgIpc) is 4.07. The van der Waals surface area contributed by atoms with Gasteiger partial charge in [-0.05, 0) is 150 Å². The van der Waals surface area contributed by atoms with E-state index in [1.54, 1.807) is 37.7 Å². The molecule has 2 saturated heterocycles. The van der Waals surface area contributed by atoms with Crippen LogP contribution >= 0.6 is 0 Å². The zero-order chi connectivity index (χ0) is 49.6. The quantitative estimate of drug-likeness (QED) is 0.151. The van der Waals surface area contributed by atoms with Crippen molar-refractivity contribution in [2.24, 2.45) is 5.92 Å². The van der Waals surface area contributed by atoms with Gasteiger partial charge < -0.3 is 19.1 Å². The number of benzene rings is 3. The Hall–Kier alpha value is -6.95. The van der Waals surface area contributed by atoms with Crippen LogP contribution in [0.5, 0.6) is 0 Å². The fraction of sp³-hybridized carbons (Fsp3) is 0.434. The van der Waals surface area contributed by atoms with Crippen molar-refractivity contribution in [2.45, 2.75) is 128 Å². The predicted octanol–water partition coefficient (Wildman–Crippen LogP) is 8.46. The molecule has 3 aliphatic heterocycles. The summed E-state index contributed by atoms with van der Waals surface area (Å²) in [4.78, 5) is 62.6. The molecule has 1 N–H and O–H groups in total. The summed E-state index contributed by atoms with van der Waals surface area (Å²) in [7, 11) is 1.56. The minimum Gasteiger partial charge on any atom is -0.376 e. The highest BCUT2D eigenvalue weighted by Crippen LogP contribution is 2.56. The van der Waals surface area contributed by atoms with Gasteiger partial charge in [0.05, 0.1) is 34.3 Å². The molecule has 368 valence electrons. The molecule has 2 amide bonds. The number of aryl methyl sites for hydroxylation is 2. The van der Waals surface area contributed by atoms with Crippen LogP contribution in [0.25, 0.3) is 28.1 Å². The molecular formula is C53H54F3N9O6. The minimum atomic E-state index is -1.36. The molecule has 5 atom stereocenters. The summed E-state index contributed by atoms with van der Waals surface area (Å²) < 4.78 is 64.3. The highest BCUT2D eigenvalue weighted by molar-refractivity contribution is 6.00. The number of imidazole rings is 1. The molecule has 0 spiro atoms. The first-order chi connectivity index (χ1) is 34.0. The number of H-pyrrole nitrogens is 1. The minimum absolute atomic E-state index is 0.0312. The van der Waals surface area contributed by atoms with Gasteiger partial charge in [-0.15, -0.1) is 0 Å². The van der Waals surface area contributed by atoms with Crippen LogP contribution in [0.1, 0.15) is 139 Å². The molecular weight excluding hydrogens is 916 g/mol. The summed E-state index contributed by atoms with van der Waals surface area (Å²) in [6.07, 6.45) is 8.91. The van der Waals surface area contributed by atoms with Crippen molar-refractivity contribution in [3.05, 3.63) is 144 Å². The maximum atomic E-state index is 16.2. The molecule has 7 heterocycles. The summed E-state index contributed by atoms with van der Waals surface area (Å²) in [5.41, 5.74) is 2.01. The van der Waals surface area contributed by atoms with Crippen LogP contribution in [0.15, 0.2) is 75.0 Å². The molecule has 2 bridgehead atoms. The van der Waals surface area contributed by atoms with Crippen LogP contribution in [0, 0.1) is 37.2 Å². The zero-order valence-corrected chi connectivity index (χ0v) is 40.4. The second-order valence-electron chi connectivity index (χ2n) is 21.2. The predicted molar refractivity (Wildman–Crippen MR) is 255 cm³/mol. The number of ether oxygens (including phenoxy) is 1. The number of carbonyl (C=O) groups excluding carboxylic acids is 2. The van der Waals surface area contributed by atoms with E-state index in [0.29, 0.717) is 71.9 Å². The lowest BCUT2D eigenvalue weighted by Gasteiger charge is -2.46. The second kappa shape index (κ2) is 16.0. The van der Waals surface area contributed by atoms with Crippen molar-refractivity contribution >= 4 is 22.7 Å². The lowest BCUT2D eigenvalue weighted by Crippen LogP contribution is -2.50. The second-order valence-corrected chi connectivity index (χ2v) is 21.2. The number of nitrogens with zero attached hydrogens (tertiary/aromatic N) is 8. The number of hydrogen-bond acceptors (Lipinski definition) is 8. The Morgan fingerprint density at radius 2 is 1.63 bits per heavy atom. The van der Waals surface area contributed by atoms with Crippen molar-refractivity contribution in [1.29, 1.82) is 0 Å². The maximum Gasteiger partial charge on any atom is 0.438 e. The highest BCUT2D eigenvalue weighted by Gasteiger charge is 2.59. The van der Waals surface area contributed by atoms with Gasteiger partial charge in [-0.2, -0.15) is 5.10 Å². The van der Waals surface area contributed by atoms with E-state index in [0.717, 1.165) is 53.1 Å². The summed E-state index contributed by atoms with van der Waals surface area (Å²) >= 11 is 0. The SMILES string of the molecule is Cc1cc(-n2nc3c(c2-n2ccn(-c4ccc(C(=O)N(C)C5CC5)c(F)c4F)c2=O)[C@@H]2CCC[C@H](C3)N2C(=O)c2cc3cc([C@H]4CCOC(C)(C)C4)ccc3n2[C@@]2(c3noc(=O)[nH]3)C[C@@H]2C)cc(C)c1F. The monoisotopic (exact) mass is 969 g/mol. The molecule has 3 aromatic carbocycles. The normalized spacial score (nSPS) is 23.5. The number of nitrogens with one attached hydrogen (secondary N) is 1. The van der Waals surface area contributed by atoms with Crippen LogP contribution in [0.3, 0.4) is 0 Å². The Kier molecular flexibility index (Phi) is 10.2. The lowest BCUT2D eigenvalue weighted by molar-refractivity contribution is -0.0592. The van der Waals surface area contributed by atoms with Crippen LogP contribution in [-0.4, -0.2) is 86.6 Å². The molecule has 2 aliphatic carbocycles. The van der Waals surface area contributed by atoms with E-state index >= 15 is 18.0 Å². The number of amides is 2. The van der Waals surface area contributed by atoms with E-state index in [9.17, 15) is 14.4 Å². The van der Waals surface area contributed by atoms with E-state index in [2.05, 4.69) is 49.1 Å². The molecule has 18 heteroatoms. The zero-order valence-electron chi connectivity index (χ0n) is 40.4. The summed E-state index contributed by atoms with van der Waals surface area (Å²) in [6.45, 7) is 10.2. The molecule has 12 rings (SSSR count). The van der Waals surface area contributed by atoms with E-state index in [1.807, 2.05) is 15.5 Å². The third-order valence-corrected chi connectivity index (χ3v) is 16.1. The van der Waals surface area contributed by atoms with Gasteiger partial charge in [0, 0.05) is 61.0 Å². The molecule has 2 saturated carbocycles. The maximum absolute atomic E-state index is 16.2. The lowest BCUT2D eigenvalue weighted by atomic mass is 9.82. The Balaban J connectivity index is 1.01. The van der Waals surface area contributed by atoms with Crippen LogP contribution < -0.4 is 11.4 Å². The van der Waals surface area contributed by atoms with Crippen LogP contribution in [0.4, 0.5) is 13.2 Å². The number of piperidine rings is 1. The van der Waals surface area contributed by atoms with Gasteiger partial charge in [-0.25, -0.2) is 27.4 Å². The number of fused-ring (bicyclic) bond motifs is 5. The van der Waals surface area contributed by atoms with Gasteiger partial charge in [0.1, 0.15) is 22.9 Å². The number of rotatable bonds is 9. The average molecular weight is 970 g/mol. The molecule has 0 radical (unpaired) electrons. The number of aromatic nitrogens is 7. The van der Waals surface area contributed by atoms with Gasteiger partial charge in [0.15, 0.2) is 17.5 Å². The molecule has 0 unspecified atom stereocenters. The number of aromatic amines is 1. The summed E-state index contributed by atoms with van der Waals surface area (Å²) in [5.74, 6) is -3.89. The Morgan fingerprint density at radius 1 is 0.887 bits per heavy atom. The largest absolute Gasteiger partial charge is 0.438 e. The van der Waals surface area contributed by atoms with Gasteiger partial charge in [-0.3, -0.25) is 28.2 Å². The molecule has 71 heavy (non-hydrogen) atoms. The van der Waals surface area contributed by atoms with Gasteiger partial charge in [0.25, 0.3) is 11.8 Å². The van der Waals surface area contributed by atoms with Crippen molar-refractivity contribution in [2.75, 3.05) is 13.7 Å². The van der Waals surface area contributed by atoms with Gasteiger partial charge in [-0.1, -0.05) is 18.1 Å². The molecule has 4 aromatic heterocycles. The van der Waals surface area contributed by atoms with Gasteiger partial charge >= 0.3 is 11.4 Å². The Bertz CT molecular complexity index is 3480. The molecule has 15 nitrogen and oxygen atoms in total. The fourth-order valence-electron chi connectivity index (χ4n) is 12.2. The Labute approximate surface area is 405 Å². The number of halogens is 3. The third kappa shape index (κ3) is 7.01. The first-order valence-electron chi connectivity index (χ1n) is 24.6. The van der Waals surface area contributed by atoms with E-state index < -0.39 is 51.8 Å². The van der Waals surface area contributed by atoms with E-state index in [-0.39, 0.29) is 47.1 Å². The number of carbonyl (C=O) groups is 2. The number of hydrogen-bond donors (Lipinski definition) is 1.